The number of urea groups is 2. The molecule has 1 heterocycles. The maximum Gasteiger partial charge on any atom is 0.357 e. The lowest BCUT2D eigenvalue weighted by atomic mass is 10.1. The second-order valence-corrected chi connectivity index (χ2v) is 5.95. The molecule has 1 atom stereocenters. The SMILES string of the molecule is CNCc1ccc(CN2CCC(C(=O)ON(C(N)=O)C(N)=O)C2)cc1.Cl. The van der Waals surface area contributed by atoms with Gasteiger partial charge >= 0.3 is 18.0 Å². The van der Waals surface area contributed by atoms with E-state index in [9.17, 15) is 14.4 Å². The van der Waals surface area contributed by atoms with Crippen LogP contribution in [-0.2, 0) is 22.7 Å². The van der Waals surface area contributed by atoms with Crippen molar-refractivity contribution in [1.82, 2.24) is 15.3 Å². The molecule has 0 aromatic heterocycles. The summed E-state index contributed by atoms with van der Waals surface area (Å²) in [7, 11) is 1.90. The first-order valence-electron chi connectivity index (χ1n) is 7.96. The third kappa shape index (κ3) is 5.87. The molecule has 5 N–H and O–H groups in total. The molecule has 2 rings (SSSR count). The van der Waals surface area contributed by atoms with Gasteiger partial charge in [0, 0.05) is 19.6 Å². The Morgan fingerprint density at radius 1 is 1.19 bits per heavy atom. The van der Waals surface area contributed by atoms with E-state index < -0.39 is 23.9 Å². The molecule has 0 bridgehead atoms. The van der Waals surface area contributed by atoms with E-state index in [1.807, 2.05) is 7.05 Å². The van der Waals surface area contributed by atoms with Crippen molar-refractivity contribution in [3.63, 3.8) is 0 Å². The van der Waals surface area contributed by atoms with Gasteiger partial charge in [0.1, 0.15) is 0 Å². The Bertz CT molecular complexity index is 626. The van der Waals surface area contributed by atoms with Gasteiger partial charge < -0.3 is 21.6 Å². The summed E-state index contributed by atoms with van der Waals surface area (Å²) >= 11 is 0. The Hall–Kier alpha value is -2.36. The first kappa shape index (κ1) is 21.7. The average molecular weight is 386 g/mol. The molecule has 1 fully saturated rings. The predicted octanol–water partition coefficient (Wildman–Crippen LogP) is 0.567. The normalized spacial score (nSPS) is 16.6. The fourth-order valence-electron chi connectivity index (χ4n) is 2.76. The first-order valence-corrected chi connectivity index (χ1v) is 7.96. The van der Waals surface area contributed by atoms with Crippen molar-refractivity contribution in [1.29, 1.82) is 0 Å². The van der Waals surface area contributed by atoms with Crippen LogP contribution in [0.2, 0.25) is 0 Å². The lowest BCUT2D eigenvalue weighted by Gasteiger charge is -2.18. The summed E-state index contributed by atoms with van der Waals surface area (Å²) < 4.78 is 0. The van der Waals surface area contributed by atoms with E-state index in [2.05, 4.69) is 34.5 Å². The zero-order valence-electron chi connectivity index (χ0n) is 14.5. The third-order valence-corrected chi connectivity index (χ3v) is 4.00. The number of carbonyl (C=O) groups is 3. The van der Waals surface area contributed by atoms with Crippen molar-refractivity contribution >= 4 is 30.4 Å². The molecule has 0 aliphatic carbocycles. The van der Waals surface area contributed by atoms with Crippen LogP contribution < -0.4 is 16.8 Å². The van der Waals surface area contributed by atoms with Crippen LogP contribution in [0.4, 0.5) is 9.59 Å². The van der Waals surface area contributed by atoms with Crippen molar-refractivity contribution in [2.24, 2.45) is 17.4 Å². The number of hydroxylamine groups is 2. The quantitative estimate of drug-likeness (QED) is 0.635. The van der Waals surface area contributed by atoms with Crippen molar-refractivity contribution in [3.8, 4) is 0 Å². The van der Waals surface area contributed by atoms with Gasteiger partial charge in [-0.3, -0.25) is 4.90 Å². The van der Waals surface area contributed by atoms with Gasteiger partial charge in [-0.15, -0.1) is 12.4 Å². The maximum absolute atomic E-state index is 12.1. The number of rotatable bonds is 5. The molecular weight excluding hydrogens is 362 g/mol. The fraction of sp³-hybridized carbons (Fsp3) is 0.438. The summed E-state index contributed by atoms with van der Waals surface area (Å²) in [6.07, 6.45) is 0.571. The van der Waals surface area contributed by atoms with Gasteiger partial charge in [0.2, 0.25) is 0 Å². The zero-order chi connectivity index (χ0) is 18.4. The number of halogens is 1. The Labute approximate surface area is 158 Å². The number of benzene rings is 1. The number of carbonyl (C=O) groups excluding carboxylic acids is 3. The van der Waals surface area contributed by atoms with Crippen LogP contribution in [0.5, 0.6) is 0 Å². The molecular formula is C16H24ClN5O4. The summed E-state index contributed by atoms with van der Waals surface area (Å²) in [5, 5.41) is 3.17. The zero-order valence-corrected chi connectivity index (χ0v) is 15.3. The summed E-state index contributed by atoms with van der Waals surface area (Å²) in [6.45, 7) is 2.71. The highest BCUT2D eigenvalue weighted by Gasteiger charge is 2.33. The average Bonchev–Trinajstić information content (AvgIpc) is 3.02. The van der Waals surface area contributed by atoms with Crippen molar-refractivity contribution < 1.29 is 19.2 Å². The fourth-order valence-corrected chi connectivity index (χ4v) is 2.76. The van der Waals surface area contributed by atoms with Crippen LogP contribution in [0.1, 0.15) is 17.5 Å². The number of imide groups is 1. The highest BCUT2D eigenvalue weighted by molar-refractivity contribution is 5.92. The molecule has 1 aliphatic rings. The number of hydrogen-bond donors (Lipinski definition) is 3. The van der Waals surface area contributed by atoms with E-state index in [0.717, 1.165) is 12.1 Å². The molecule has 1 unspecified atom stereocenters. The number of likely N-dealkylation sites (tertiary alicyclic amines) is 1. The topological polar surface area (TPSA) is 131 Å². The van der Waals surface area contributed by atoms with Crippen LogP contribution in [0.15, 0.2) is 24.3 Å². The minimum absolute atomic E-state index is 0. The number of nitrogens with one attached hydrogen (secondary N) is 1. The van der Waals surface area contributed by atoms with E-state index in [-0.39, 0.29) is 17.5 Å². The minimum Gasteiger partial charge on any atom is -0.349 e. The molecule has 0 radical (unpaired) electrons. The third-order valence-electron chi connectivity index (χ3n) is 4.00. The monoisotopic (exact) mass is 385 g/mol. The van der Waals surface area contributed by atoms with E-state index in [4.69, 9.17) is 16.3 Å². The molecule has 0 saturated carbocycles. The Balaban J connectivity index is 0.00000338. The number of hydrogen-bond acceptors (Lipinski definition) is 6. The molecule has 1 saturated heterocycles. The van der Waals surface area contributed by atoms with Crippen LogP contribution >= 0.6 is 12.4 Å². The standard InChI is InChI=1S/C16H23N5O4.ClH/c1-19-8-11-2-4-12(5-3-11)9-20-7-6-13(10-20)14(22)25-21(15(17)23)16(18)24;/h2-5,13,19H,6-10H2,1H3,(H2,17,23)(H2,18,24);1H. The summed E-state index contributed by atoms with van der Waals surface area (Å²) in [4.78, 5) is 40.9. The van der Waals surface area contributed by atoms with Crippen molar-refractivity contribution in [2.75, 3.05) is 20.1 Å². The Morgan fingerprint density at radius 2 is 1.77 bits per heavy atom. The van der Waals surface area contributed by atoms with E-state index in [1.165, 1.54) is 5.56 Å². The minimum atomic E-state index is -1.22. The highest BCUT2D eigenvalue weighted by atomic mass is 35.5. The summed E-state index contributed by atoms with van der Waals surface area (Å²) in [6, 6.07) is 5.78. The van der Waals surface area contributed by atoms with E-state index in [0.29, 0.717) is 26.1 Å². The lowest BCUT2D eigenvalue weighted by molar-refractivity contribution is -0.171. The highest BCUT2D eigenvalue weighted by Crippen LogP contribution is 2.20. The van der Waals surface area contributed by atoms with Gasteiger partial charge in [-0.25, -0.2) is 14.4 Å². The van der Waals surface area contributed by atoms with Crippen molar-refractivity contribution in [2.45, 2.75) is 19.5 Å². The predicted molar refractivity (Wildman–Crippen MR) is 96.9 cm³/mol. The molecule has 144 valence electrons. The first-order chi connectivity index (χ1) is 11.9. The number of nitrogens with two attached hydrogens (primary N) is 2. The smallest absolute Gasteiger partial charge is 0.349 e. The number of amides is 4. The van der Waals surface area contributed by atoms with Crippen LogP contribution in [0, 0.1) is 5.92 Å². The second kappa shape index (κ2) is 9.95. The Kier molecular flexibility index (Phi) is 8.30. The molecule has 1 aliphatic heterocycles. The molecule has 1 aromatic rings. The maximum atomic E-state index is 12.1. The van der Waals surface area contributed by atoms with E-state index >= 15 is 0 Å². The Morgan fingerprint density at radius 3 is 2.31 bits per heavy atom. The van der Waals surface area contributed by atoms with Gasteiger partial charge in [0.15, 0.2) is 0 Å². The molecule has 26 heavy (non-hydrogen) atoms. The molecule has 9 nitrogen and oxygen atoms in total. The van der Waals surface area contributed by atoms with Gasteiger partial charge in [-0.05, 0) is 31.1 Å². The largest absolute Gasteiger partial charge is 0.357 e. The number of primary amides is 2. The van der Waals surface area contributed by atoms with Crippen molar-refractivity contribution in [3.05, 3.63) is 35.4 Å². The molecule has 10 heteroatoms. The molecule has 1 aromatic carbocycles. The van der Waals surface area contributed by atoms with Crippen LogP contribution in [0.25, 0.3) is 0 Å². The number of nitrogens with zero attached hydrogens (tertiary/aromatic N) is 2. The van der Waals surface area contributed by atoms with E-state index in [1.54, 1.807) is 0 Å². The second-order valence-electron chi connectivity index (χ2n) is 5.95. The molecule has 0 spiro atoms. The van der Waals surface area contributed by atoms with Gasteiger partial charge in [0.05, 0.1) is 5.92 Å². The lowest BCUT2D eigenvalue weighted by Crippen LogP contribution is -2.46. The van der Waals surface area contributed by atoms with Gasteiger partial charge in [-0.2, -0.15) is 0 Å². The van der Waals surface area contributed by atoms with Gasteiger partial charge in [0.25, 0.3) is 0 Å². The van der Waals surface area contributed by atoms with Crippen LogP contribution in [-0.4, -0.2) is 48.1 Å². The van der Waals surface area contributed by atoms with Gasteiger partial charge in [-0.1, -0.05) is 29.3 Å². The summed E-state index contributed by atoms with van der Waals surface area (Å²) in [5.74, 6) is -1.13. The molecule has 4 amide bonds. The summed E-state index contributed by atoms with van der Waals surface area (Å²) in [5.41, 5.74) is 12.2. The van der Waals surface area contributed by atoms with Crippen LogP contribution in [0.3, 0.4) is 0 Å².